The summed E-state index contributed by atoms with van der Waals surface area (Å²) >= 11 is 0. The van der Waals surface area contributed by atoms with Crippen molar-refractivity contribution in [3.8, 4) is 0 Å². The fourth-order valence-electron chi connectivity index (χ4n) is 1.65. The zero-order chi connectivity index (χ0) is 13.9. The van der Waals surface area contributed by atoms with Gasteiger partial charge in [-0.2, -0.15) is 0 Å². The Morgan fingerprint density at radius 2 is 1.94 bits per heavy atom. The summed E-state index contributed by atoms with van der Waals surface area (Å²) in [5.74, 6) is -0.447. The first-order valence-electron chi connectivity index (χ1n) is 5.69. The Hall–Kier alpha value is -1.26. The number of rotatable bonds is 3. The number of benzene rings is 1. The molecule has 1 radical (unpaired) electrons. The predicted octanol–water partition coefficient (Wildman–Crippen LogP) is -0.299. The molecule has 0 aliphatic carbocycles. The summed E-state index contributed by atoms with van der Waals surface area (Å²) in [4.78, 5) is 11.5. The van der Waals surface area contributed by atoms with Crippen LogP contribution in [0.3, 0.4) is 0 Å². The van der Waals surface area contributed by atoms with Crippen molar-refractivity contribution in [3.63, 3.8) is 0 Å². The highest BCUT2D eigenvalue weighted by Crippen LogP contribution is 2.19. The fourth-order valence-corrected chi connectivity index (χ4v) is 1.65. The van der Waals surface area contributed by atoms with Crippen LogP contribution in [0.15, 0.2) is 18.2 Å². The predicted molar refractivity (Wildman–Crippen MR) is 72.7 cm³/mol. The molecule has 0 aliphatic rings. The van der Waals surface area contributed by atoms with Gasteiger partial charge in [0.2, 0.25) is 0 Å². The molecule has 0 bridgehead atoms. The Kier molecular flexibility index (Phi) is 4.59. The Balaban J connectivity index is 3.20. The lowest BCUT2D eigenvalue weighted by atomic mass is 9.48. The SMILES string of the molecule is COC(=O)c1ccc(B(O)O)c([B]C(C)(C)C)c1. The number of hydrogen-bond donors (Lipinski definition) is 2. The molecule has 1 rings (SSSR count). The van der Waals surface area contributed by atoms with Crippen LogP contribution in [-0.2, 0) is 4.74 Å². The molecule has 0 heterocycles. The molecule has 0 atom stereocenters. The average molecular weight is 247 g/mol. The molecular weight excluding hydrogens is 230 g/mol. The van der Waals surface area contributed by atoms with E-state index in [0.29, 0.717) is 16.5 Å². The highest BCUT2D eigenvalue weighted by atomic mass is 16.5. The van der Waals surface area contributed by atoms with E-state index in [-0.39, 0.29) is 5.31 Å². The number of carbonyl (C=O) groups is 1. The third-order valence-electron chi connectivity index (χ3n) is 2.37. The minimum absolute atomic E-state index is 0.140. The molecular formula is C12H17B2O4. The van der Waals surface area contributed by atoms with Gasteiger partial charge in [0, 0.05) is 0 Å². The van der Waals surface area contributed by atoms with Crippen LogP contribution < -0.4 is 10.9 Å². The smallest absolute Gasteiger partial charge is 0.465 e. The Bertz CT molecular complexity index is 438. The molecule has 6 heteroatoms. The van der Waals surface area contributed by atoms with Crippen molar-refractivity contribution in [1.29, 1.82) is 0 Å². The van der Waals surface area contributed by atoms with E-state index in [0.717, 1.165) is 0 Å². The first-order valence-corrected chi connectivity index (χ1v) is 5.69. The van der Waals surface area contributed by atoms with Crippen molar-refractivity contribution >= 4 is 31.3 Å². The lowest BCUT2D eigenvalue weighted by molar-refractivity contribution is 0.0601. The minimum Gasteiger partial charge on any atom is -0.465 e. The average Bonchev–Trinajstić information content (AvgIpc) is 2.25. The molecule has 0 spiro atoms. The van der Waals surface area contributed by atoms with E-state index in [1.165, 1.54) is 19.2 Å². The normalized spacial score (nSPS) is 11.0. The van der Waals surface area contributed by atoms with Crippen LogP contribution in [0.5, 0.6) is 0 Å². The lowest BCUT2D eigenvalue weighted by Crippen LogP contribution is -2.46. The Morgan fingerprint density at radius 3 is 2.39 bits per heavy atom. The van der Waals surface area contributed by atoms with Crippen LogP contribution in [0.2, 0.25) is 5.31 Å². The second-order valence-corrected chi connectivity index (χ2v) is 5.22. The highest BCUT2D eigenvalue weighted by Gasteiger charge is 2.22. The maximum atomic E-state index is 11.5. The van der Waals surface area contributed by atoms with Gasteiger partial charge in [0.05, 0.1) is 12.7 Å². The van der Waals surface area contributed by atoms with Crippen molar-refractivity contribution in [2.24, 2.45) is 0 Å². The first-order chi connectivity index (χ1) is 8.24. The molecule has 0 amide bonds. The van der Waals surface area contributed by atoms with Gasteiger partial charge in [0.25, 0.3) is 0 Å². The second-order valence-electron chi connectivity index (χ2n) is 5.22. The zero-order valence-corrected chi connectivity index (χ0v) is 11.1. The van der Waals surface area contributed by atoms with E-state index >= 15 is 0 Å². The topological polar surface area (TPSA) is 66.8 Å². The molecule has 0 aliphatic heterocycles. The molecule has 0 unspecified atom stereocenters. The van der Waals surface area contributed by atoms with Crippen LogP contribution >= 0.6 is 0 Å². The summed E-state index contributed by atoms with van der Waals surface area (Å²) in [5, 5.41) is 18.5. The lowest BCUT2D eigenvalue weighted by Gasteiger charge is -2.19. The first kappa shape index (κ1) is 14.8. The van der Waals surface area contributed by atoms with Crippen LogP contribution in [0.25, 0.3) is 0 Å². The summed E-state index contributed by atoms with van der Waals surface area (Å²) in [7, 11) is 1.63. The molecule has 1 aromatic carbocycles. The van der Waals surface area contributed by atoms with Gasteiger partial charge in [-0.15, -0.1) is 0 Å². The Labute approximate surface area is 108 Å². The largest absolute Gasteiger partial charge is 0.487 e. The number of ether oxygens (including phenoxy) is 1. The van der Waals surface area contributed by atoms with Gasteiger partial charge in [-0.25, -0.2) is 4.79 Å². The van der Waals surface area contributed by atoms with Gasteiger partial charge in [0.1, 0.15) is 0 Å². The van der Waals surface area contributed by atoms with Crippen molar-refractivity contribution in [1.82, 2.24) is 0 Å². The number of carbonyl (C=O) groups excluding carboxylic acids is 1. The van der Waals surface area contributed by atoms with E-state index in [9.17, 15) is 14.8 Å². The molecule has 0 aromatic heterocycles. The van der Waals surface area contributed by atoms with Crippen molar-refractivity contribution in [2.75, 3.05) is 7.11 Å². The van der Waals surface area contributed by atoms with Gasteiger partial charge in [-0.1, -0.05) is 43.7 Å². The van der Waals surface area contributed by atoms with Gasteiger partial charge >= 0.3 is 13.1 Å². The van der Waals surface area contributed by atoms with E-state index < -0.39 is 13.1 Å². The van der Waals surface area contributed by atoms with E-state index in [2.05, 4.69) is 4.74 Å². The third-order valence-corrected chi connectivity index (χ3v) is 2.37. The van der Waals surface area contributed by atoms with Crippen molar-refractivity contribution in [2.45, 2.75) is 26.1 Å². The fraction of sp³-hybridized carbons (Fsp3) is 0.417. The van der Waals surface area contributed by atoms with Gasteiger partial charge in [-0.05, 0) is 11.5 Å². The number of hydrogen-bond acceptors (Lipinski definition) is 4. The summed E-state index contributed by atoms with van der Waals surface area (Å²) in [6.45, 7) is 5.97. The van der Waals surface area contributed by atoms with E-state index in [1.807, 2.05) is 28.1 Å². The maximum absolute atomic E-state index is 11.5. The minimum atomic E-state index is -1.56. The molecule has 95 valence electrons. The van der Waals surface area contributed by atoms with Crippen LogP contribution in [0.4, 0.5) is 0 Å². The summed E-state index contributed by atoms with van der Waals surface area (Å²) in [5.41, 5.74) is 1.38. The van der Waals surface area contributed by atoms with Crippen LogP contribution in [0, 0.1) is 0 Å². The van der Waals surface area contributed by atoms with Crippen LogP contribution in [-0.4, -0.2) is 37.5 Å². The molecule has 4 nitrogen and oxygen atoms in total. The zero-order valence-electron chi connectivity index (χ0n) is 11.1. The van der Waals surface area contributed by atoms with Crippen molar-refractivity contribution in [3.05, 3.63) is 23.8 Å². The van der Waals surface area contributed by atoms with E-state index in [1.54, 1.807) is 6.07 Å². The summed E-state index contributed by atoms with van der Waals surface area (Å²) in [6.07, 6.45) is 0. The van der Waals surface area contributed by atoms with Crippen molar-refractivity contribution < 1.29 is 19.6 Å². The monoisotopic (exact) mass is 247 g/mol. The molecule has 0 saturated carbocycles. The maximum Gasteiger partial charge on any atom is 0.487 e. The molecule has 0 fully saturated rings. The van der Waals surface area contributed by atoms with Gasteiger partial charge < -0.3 is 14.8 Å². The molecule has 18 heavy (non-hydrogen) atoms. The molecule has 0 saturated heterocycles. The van der Waals surface area contributed by atoms with Crippen LogP contribution in [0.1, 0.15) is 31.1 Å². The third kappa shape index (κ3) is 3.89. The molecule has 2 N–H and O–H groups in total. The summed E-state index contributed by atoms with van der Waals surface area (Å²) in [6, 6.07) is 4.64. The molecule has 1 aromatic rings. The van der Waals surface area contributed by atoms with Gasteiger partial charge in [0.15, 0.2) is 7.28 Å². The Morgan fingerprint density at radius 1 is 1.33 bits per heavy atom. The van der Waals surface area contributed by atoms with Gasteiger partial charge in [-0.3, -0.25) is 0 Å². The second kappa shape index (κ2) is 5.59. The quantitative estimate of drug-likeness (QED) is 0.568. The number of methoxy groups -OCH3 is 1. The number of esters is 1. The van der Waals surface area contributed by atoms with E-state index in [4.69, 9.17) is 0 Å². The standard InChI is InChI=1S/C12H17B2O4/c1-12(2,3)13-9-7-8(11(15)18-4)5-6-10(9)14(16)17/h5-7,16-17H,1-4H3. The summed E-state index contributed by atoms with van der Waals surface area (Å²) < 4.78 is 4.64. The highest BCUT2D eigenvalue weighted by molar-refractivity contribution is 6.70.